The SMILES string of the molecule is COC(=O)c1ccc(-c2nn(C(=O)c3c(Cl)cccc3C(F)(F)F)c3cc(OC(=O)O)ccc23)cc1. The highest BCUT2D eigenvalue weighted by atomic mass is 35.5. The van der Waals surface area contributed by atoms with Crippen molar-refractivity contribution >= 4 is 40.5 Å². The van der Waals surface area contributed by atoms with Crippen LogP contribution in [0.2, 0.25) is 5.02 Å². The molecule has 1 N–H and O–H groups in total. The predicted molar refractivity (Wildman–Crippen MR) is 121 cm³/mol. The molecule has 0 radical (unpaired) electrons. The van der Waals surface area contributed by atoms with Gasteiger partial charge in [0.25, 0.3) is 5.91 Å². The summed E-state index contributed by atoms with van der Waals surface area (Å²) in [6.45, 7) is 0. The van der Waals surface area contributed by atoms with Crippen LogP contribution in [0.3, 0.4) is 0 Å². The highest BCUT2D eigenvalue weighted by Crippen LogP contribution is 2.37. The normalized spacial score (nSPS) is 11.4. The van der Waals surface area contributed by atoms with Gasteiger partial charge in [0.05, 0.1) is 34.3 Å². The number of methoxy groups -OCH3 is 1. The maximum Gasteiger partial charge on any atom is 0.511 e. The van der Waals surface area contributed by atoms with Crippen molar-refractivity contribution in [3.63, 3.8) is 0 Å². The molecule has 0 atom stereocenters. The summed E-state index contributed by atoms with van der Waals surface area (Å²) in [6.07, 6.45) is -6.51. The molecule has 12 heteroatoms. The summed E-state index contributed by atoms with van der Waals surface area (Å²) in [6, 6.07) is 12.7. The van der Waals surface area contributed by atoms with E-state index in [0.717, 1.165) is 24.3 Å². The number of carbonyl (C=O) groups is 3. The molecule has 0 amide bonds. The van der Waals surface area contributed by atoms with Crippen LogP contribution in [0, 0.1) is 0 Å². The zero-order valence-corrected chi connectivity index (χ0v) is 18.9. The zero-order chi connectivity index (χ0) is 26.2. The van der Waals surface area contributed by atoms with Crippen LogP contribution < -0.4 is 4.74 Å². The first kappa shape index (κ1) is 24.7. The lowest BCUT2D eigenvalue weighted by Crippen LogP contribution is -2.20. The fourth-order valence-corrected chi connectivity index (χ4v) is 3.85. The van der Waals surface area contributed by atoms with Crippen LogP contribution in [0.1, 0.15) is 26.3 Å². The monoisotopic (exact) mass is 518 g/mol. The molecule has 3 aromatic carbocycles. The first-order valence-electron chi connectivity index (χ1n) is 10.0. The Morgan fingerprint density at radius 1 is 1.03 bits per heavy atom. The number of alkyl halides is 3. The van der Waals surface area contributed by atoms with Crippen molar-refractivity contribution in [3.05, 3.63) is 82.4 Å². The molecule has 36 heavy (non-hydrogen) atoms. The van der Waals surface area contributed by atoms with E-state index in [2.05, 4.69) is 14.6 Å². The number of halogens is 4. The fraction of sp³-hybridized carbons (Fsp3) is 0.0833. The molecule has 4 aromatic rings. The van der Waals surface area contributed by atoms with Gasteiger partial charge in [0.15, 0.2) is 0 Å². The Labute approximate surface area is 205 Å². The topological polar surface area (TPSA) is 108 Å². The first-order valence-corrected chi connectivity index (χ1v) is 10.4. The molecule has 1 heterocycles. The molecule has 0 aliphatic heterocycles. The van der Waals surface area contributed by atoms with E-state index >= 15 is 0 Å². The van der Waals surface area contributed by atoms with Crippen LogP contribution in [-0.4, -0.2) is 40.0 Å². The Hall–Kier alpha value is -4.38. The van der Waals surface area contributed by atoms with E-state index in [-0.39, 0.29) is 22.5 Å². The number of aromatic nitrogens is 2. The number of fused-ring (bicyclic) bond motifs is 1. The number of carbonyl (C=O) groups excluding carboxylic acids is 2. The second kappa shape index (κ2) is 9.34. The summed E-state index contributed by atoms with van der Waals surface area (Å²) in [5, 5.41) is 13.0. The number of nitrogens with zero attached hydrogens (tertiary/aromatic N) is 2. The minimum atomic E-state index is -4.89. The van der Waals surface area contributed by atoms with Gasteiger partial charge in [-0.1, -0.05) is 29.8 Å². The summed E-state index contributed by atoms with van der Waals surface area (Å²) < 4.78 is 51.0. The Morgan fingerprint density at radius 2 is 1.72 bits per heavy atom. The van der Waals surface area contributed by atoms with Crippen LogP contribution in [0.5, 0.6) is 5.75 Å². The third-order valence-corrected chi connectivity index (χ3v) is 5.48. The lowest BCUT2D eigenvalue weighted by molar-refractivity contribution is -0.137. The van der Waals surface area contributed by atoms with Crippen LogP contribution in [0.25, 0.3) is 22.2 Å². The maximum absolute atomic E-state index is 13.7. The third-order valence-electron chi connectivity index (χ3n) is 5.16. The number of rotatable bonds is 4. The van der Waals surface area contributed by atoms with E-state index in [0.29, 0.717) is 15.6 Å². The average molecular weight is 519 g/mol. The van der Waals surface area contributed by atoms with Crippen molar-refractivity contribution in [1.29, 1.82) is 0 Å². The number of esters is 1. The minimum absolute atomic E-state index is 0.0289. The van der Waals surface area contributed by atoms with Gasteiger partial charge in [-0.2, -0.15) is 23.0 Å². The molecule has 0 saturated heterocycles. The molecule has 184 valence electrons. The van der Waals surface area contributed by atoms with Gasteiger partial charge in [0.1, 0.15) is 11.4 Å². The van der Waals surface area contributed by atoms with Gasteiger partial charge in [-0.3, -0.25) is 4.79 Å². The molecule has 0 spiro atoms. The quantitative estimate of drug-likeness (QED) is 0.264. The molecule has 0 aliphatic carbocycles. The van der Waals surface area contributed by atoms with E-state index < -0.39 is 40.4 Å². The van der Waals surface area contributed by atoms with Gasteiger partial charge in [0.2, 0.25) is 0 Å². The Kier molecular flexibility index (Phi) is 6.42. The van der Waals surface area contributed by atoms with E-state index in [4.69, 9.17) is 16.7 Å². The van der Waals surface area contributed by atoms with E-state index in [1.807, 2.05) is 0 Å². The van der Waals surface area contributed by atoms with Crippen molar-refractivity contribution in [2.75, 3.05) is 7.11 Å². The third kappa shape index (κ3) is 4.60. The summed E-state index contributed by atoms with van der Waals surface area (Å²) >= 11 is 6.01. The number of carboxylic acid groups (broad SMARTS) is 1. The van der Waals surface area contributed by atoms with Gasteiger partial charge >= 0.3 is 18.3 Å². The average Bonchev–Trinajstić information content (AvgIpc) is 3.21. The first-order chi connectivity index (χ1) is 17.0. The van der Waals surface area contributed by atoms with Crippen molar-refractivity contribution < 1.29 is 42.1 Å². The molecule has 0 saturated carbocycles. The summed E-state index contributed by atoms with van der Waals surface area (Å²) in [5.41, 5.74) is -1.28. The fourth-order valence-electron chi connectivity index (χ4n) is 3.59. The molecule has 1 aromatic heterocycles. The summed E-state index contributed by atoms with van der Waals surface area (Å²) in [7, 11) is 1.22. The second-order valence-electron chi connectivity index (χ2n) is 7.34. The van der Waals surface area contributed by atoms with Crippen molar-refractivity contribution in [3.8, 4) is 17.0 Å². The zero-order valence-electron chi connectivity index (χ0n) is 18.2. The van der Waals surface area contributed by atoms with Gasteiger partial charge in [-0.25, -0.2) is 9.59 Å². The molecule has 0 aliphatic rings. The maximum atomic E-state index is 13.7. The van der Waals surface area contributed by atoms with Crippen LogP contribution in [0.15, 0.2) is 60.7 Å². The van der Waals surface area contributed by atoms with Crippen molar-refractivity contribution in [2.45, 2.75) is 6.18 Å². The van der Waals surface area contributed by atoms with Crippen LogP contribution >= 0.6 is 11.6 Å². The van der Waals surface area contributed by atoms with Crippen LogP contribution in [0.4, 0.5) is 18.0 Å². The largest absolute Gasteiger partial charge is 0.511 e. The summed E-state index contributed by atoms with van der Waals surface area (Å²) in [4.78, 5) is 36.1. The molecule has 0 fully saturated rings. The van der Waals surface area contributed by atoms with Gasteiger partial charge < -0.3 is 14.6 Å². The summed E-state index contributed by atoms with van der Waals surface area (Å²) in [5.74, 6) is -1.96. The smallest absolute Gasteiger partial charge is 0.465 e. The number of benzene rings is 3. The predicted octanol–water partition coefficient (Wildman–Crippen LogP) is 5.91. The molecular formula is C24H14ClF3N2O6. The van der Waals surface area contributed by atoms with Crippen LogP contribution in [-0.2, 0) is 10.9 Å². The molecule has 0 bridgehead atoms. The van der Waals surface area contributed by atoms with E-state index in [9.17, 15) is 27.6 Å². The number of ether oxygens (including phenoxy) is 2. The number of hydrogen-bond donors (Lipinski definition) is 1. The lowest BCUT2D eigenvalue weighted by Gasteiger charge is -2.13. The highest BCUT2D eigenvalue weighted by molar-refractivity contribution is 6.34. The van der Waals surface area contributed by atoms with Gasteiger partial charge in [-0.05, 0) is 36.4 Å². The molecule has 4 rings (SSSR count). The second-order valence-corrected chi connectivity index (χ2v) is 7.75. The van der Waals surface area contributed by atoms with Gasteiger partial charge in [-0.15, -0.1) is 0 Å². The molecule has 8 nitrogen and oxygen atoms in total. The lowest BCUT2D eigenvalue weighted by atomic mass is 10.1. The van der Waals surface area contributed by atoms with E-state index in [1.54, 1.807) is 0 Å². The molecule has 0 unspecified atom stereocenters. The Morgan fingerprint density at radius 3 is 2.33 bits per heavy atom. The number of hydrogen-bond acceptors (Lipinski definition) is 6. The minimum Gasteiger partial charge on any atom is -0.465 e. The van der Waals surface area contributed by atoms with Gasteiger partial charge in [0, 0.05) is 17.0 Å². The Balaban J connectivity index is 1.94. The van der Waals surface area contributed by atoms with Crippen molar-refractivity contribution in [2.24, 2.45) is 0 Å². The van der Waals surface area contributed by atoms with E-state index in [1.165, 1.54) is 43.5 Å². The molecular weight excluding hydrogens is 505 g/mol. The highest BCUT2D eigenvalue weighted by Gasteiger charge is 2.37. The Bertz CT molecular complexity index is 1510. The standard InChI is InChI=1S/C24H14ClF3N2O6/c1-35-22(32)13-7-5-12(6-8-13)20-15-10-9-14(36-23(33)34)11-18(15)30(29-20)21(31)19-16(24(26,27)28)3-2-4-17(19)25/h2-11H,1H3,(H,33,34). The van der Waals surface area contributed by atoms with Crippen molar-refractivity contribution in [1.82, 2.24) is 9.78 Å².